The summed E-state index contributed by atoms with van der Waals surface area (Å²) in [6.45, 7) is 11.8. The molecule has 0 radical (unpaired) electrons. The van der Waals surface area contributed by atoms with E-state index in [0.29, 0.717) is 120 Å². The molecule has 404 valence electrons. The number of nitro benzene ring substituents is 1. The number of alkyl halides is 1. The van der Waals surface area contributed by atoms with Gasteiger partial charge in [-0.25, -0.2) is 17.5 Å². The van der Waals surface area contributed by atoms with E-state index < -0.39 is 37.1 Å². The number of carbonyl (C=O) groups excluding carboxylic acids is 1. The number of pyridine rings is 1. The van der Waals surface area contributed by atoms with E-state index >= 15 is 4.39 Å². The van der Waals surface area contributed by atoms with Crippen LogP contribution in [-0.4, -0.2) is 155 Å². The number of amides is 1. The number of anilines is 4. The van der Waals surface area contributed by atoms with Crippen molar-refractivity contribution in [3.8, 4) is 5.88 Å². The van der Waals surface area contributed by atoms with Crippen LogP contribution < -0.4 is 24.6 Å². The second kappa shape index (κ2) is 21.5. The summed E-state index contributed by atoms with van der Waals surface area (Å²) in [6, 6.07) is 20.9. The lowest BCUT2D eigenvalue weighted by Crippen LogP contribution is -2.56. The largest absolute Gasteiger partial charge is 0.476 e. The van der Waals surface area contributed by atoms with Crippen molar-refractivity contribution < 1.29 is 41.5 Å². The summed E-state index contributed by atoms with van der Waals surface area (Å²) in [5.74, 6) is -0.582. The molecule has 18 nitrogen and oxygen atoms in total. The zero-order valence-electron chi connectivity index (χ0n) is 42.9. The molecule has 4 saturated heterocycles. The molecular weight excluding hydrogens is 1020 g/mol. The minimum Gasteiger partial charge on any atom is -0.476 e. The van der Waals surface area contributed by atoms with E-state index in [1.54, 1.807) is 12.3 Å². The number of allylic oxidation sites excluding steroid dienone is 1. The number of nitro groups is 1. The van der Waals surface area contributed by atoms with E-state index in [1.807, 2.05) is 41.3 Å². The van der Waals surface area contributed by atoms with Crippen LogP contribution >= 0.6 is 11.6 Å². The van der Waals surface area contributed by atoms with Crippen molar-refractivity contribution in [2.24, 2.45) is 5.41 Å². The molecule has 0 saturated carbocycles. The minimum atomic E-state index is -4.70. The first-order valence-electron chi connectivity index (χ1n) is 26.4. The van der Waals surface area contributed by atoms with Gasteiger partial charge in [0.1, 0.15) is 22.7 Å². The zero-order valence-corrected chi connectivity index (χ0v) is 44.5. The third-order valence-electron chi connectivity index (χ3n) is 16.0. The van der Waals surface area contributed by atoms with E-state index in [9.17, 15) is 23.3 Å². The van der Waals surface area contributed by atoms with Gasteiger partial charge in [0.15, 0.2) is 0 Å². The summed E-state index contributed by atoms with van der Waals surface area (Å²) in [5.41, 5.74) is 4.09. The van der Waals surface area contributed by atoms with Crippen LogP contribution in [0, 0.1) is 15.5 Å². The molecule has 76 heavy (non-hydrogen) atoms. The number of aromatic amines is 1. The quantitative estimate of drug-likeness (QED) is 0.0842. The Morgan fingerprint density at radius 2 is 1.71 bits per heavy atom. The Bertz CT molecular complexity index is 3130. The van der Waals surface area contributed by atoms with Gasteiger partial charge in [-0.1, -0.05) is 37.6 Å². The number of sulfonamides is 1. The molecule has 5 aliphatic heterocycles. The highest BCUT2D eigenvalue weighted by molar-refractivity contribution is 7.90. The summed E-state index contributed by atoms with van der Waals surface area (Å²) in [5, 5.41) is 16.8. The average Bonchev–Trinajstić information content (AvgIpc) is 3.73. The SMILES string of the molecule is CC1(C)CC(c2ccc(Cl)cc2)=C2CN3CCN(c4ccc(C(=O)NS(=O)(=O)c5ccc(NCC6(F)CCN(C7COC7)CC6)c([N+](=O)[O-])c5)c(N5CCCOc6nc7[nH]ccc7cc65)c4)C[C@H]3COCCCO[C@@H]2C1. The first-order valence-corrected chi connectivity index (χ1v) is 28.2. The standard InChI is InChI=1S/C55H65ClFN9O9S/c1-54(2)28-44(36-5-7-38(56)8-6-36)45-31-64-21-20-63(30-40(64)32-72-22-4-24-74-50(45)29-54)39-9-11-43(47(26-39)65-17-3-23-75-53-49(65)25-37-13-16-58-51(37)60-53)52(67)61-76(70,71)42-10-12-46(48(27-42)66(68)69)59-35-55(57)14-18-62(19-15-55)41-33-73-34-41/h5-13,16,25-27,40-41,50,59H,3-4,14-15,17-24,28-35H2,1-2H3,(H,58,60)(H,61,67)/t40-,50+/m0/s1. The molecule has 0 spiro atoms. The van der Waals surface area contributed by atoms with Gasteiger partial charge in [-0.15, -0.1) is 0 Å². The highest BCUT2D eigenvalue weighted by atomic mass is 35.5. The Morgan fingerprint density at radius 1 is 0.908 bits per heavy atom. The zero-order chi connectivity index (χ0) is 52.8. The molecule has 7 heterocycles. The van der Waals surface area contributed by atoms with Crippen LogP contribution in [0.1, 0.15) is 68.3 Å². The van der Waals surface area contributed by atoms with Crippen molar-refractivity contribution in [1.29, 1.82) is 0 Å². The predicted octanol–water partition coefficient (Wildman–Crippen LogP) is 8.35. The van der Waals surface area contributed by atoms with Gasteiger partial charge in [-0.05, 0) is 115 Å². The molecule has 3 N–H and O–H groups in total. The van der Waals surface area contributed by atoms with E-state index in [2.05, 4.69) is 55.7 Å². The third kappa shape index (κ3) is 11.1. The van der Waals surface area contributed by atoms with Crippen molar-refractivity contribution in [2.75, 3.05) is 107 Å². The first-order chi connectivity index (χ1) is 36.6. The predicted molar refractivity (Wildman–Crippen MR) is 289 cm³/mol. The molecule has 4 fully saturated rings. The van der Waals surface area contributed by atoms with Crippen LogP contribution in [0.3, 0.4) is 0 Å². The van der Waals surface area contributed by atoms with Crippen molar-refractivity contribution in [3.05, 3.63) is 111 Å². The molecule has 21 heteroatoms. The lowest BCUT2D eigenvalue weighted by Gasteiger charge is -2.45. The van der Waals surface area contributed by atoms with Crippen LogP contribution in [0.15, 0.2) is 89.5 Å². The summed E-state index contributed by atoms with van der Waals surface area (Å²) in [7, 11) is -4.70. The number of nitrogens with zero attached hydrogens (tertiary/aromatic N) is 6. The maximum atomic E-state index is 16.0. The molecule has 11 rings (SSSR count). The number of benzene rings is 3. The highest BCUT2D eigenvalue weighted by Gasteiger charge is 2.41. The maximum Gasteiger partial charge on any atom is 0.293 e. The number of likely N-dealkylation sites (tertiary alicyclic amines) is 1. The van der Waals surface area contributed by atoms with Crippen molar-refractivity contribution in [3.63, 3.8) is 0 Å². The number of halogens is 2. The number of hydrogen-bond donors (Lipinski definition) is 3. The van der Waals surface area contributed by atoms with Gasteiger partial charge in [0.05, 0.1) is 65.7 Å². The van der Waals surface area contributed by atoms with Gasteiger partial charge in [-0.2, -0.15) is 4.98 Å². The molecule has 6 aliphatic rings. The molecule has 3 aromatic carbocycles. The Labute approximate surface area is 447 Å². The van der Waals surface area contributed by atoms with Crippen molar-refractivity contribution in [2.45, 2.75) is 81.1 Å². The number of piperazine rings is 1. The van der Waals surface area contributed by atoms with E-state index in [-0.39, 0.29) is 54.2 Å². The first kappa shape index (κ1) is 52.2. The second-order valence-corrected chi connectivity index (χ2v) is 23.9. The normalized spacial score (nSPS) is 22.7. The second-order valence-electron chi connectivity index (χ2n) is 21.8. The molecule has 0 unspecified atom stereocenters. The van der Waals surface area contributed by atoms with Crippen molar-refractivity contribution >= 4 is 72.6 Å². The minimum absolute atomic E-state index is 0.00848. The summed E-state index contributed by atoms with van der Waals surface area (Å²) >= 11 is 6.38. The van der Waals surface area contributed by atoms with Gasteiger partial charge < -0.3 is 39.0 Å². The molecule has 1 aliphatic carbocycles. The van der Waals surface area contributed by atoms with Crippen LogP contribution in [0.25, 0.3) is 16.6 Å². The number of piperidine rings is 1. The fraction of sp³-hybridized carbons (Fsp3) is 0.491. The molecule has 1 amide bonds. The van der Waals surface area contributed by atoms with Gasteiger partial charge in [0, 0.05) is 93.9 Å². The Morgan fingerprint density at radius 3 is 2.49 bits per heavy atom. The summed E-state index contributed by atoms with van der Waals surface area (Å²) in [6.07, 6.45) is 5.36. The number of H-pyrrole nitrogens is 1. The van der Waals surface area contributed by atoms with Crippen LogP contribution in [0.5, 0.6) is 5.88 Å². The molecule has 5 aromatic rings. The third-order valence-corrected chi connectivity index (χ3v) is 17.5. The Kier molecular flexibility index (Phi) is 14.8. The van der Waals surface area contributed by atoms with Crippen molar-refractivity contribution in [1.82, 2.24) is 24.5 Å². The fourth-order valence-electron chi connectivity index (χ4n) is 11.6. The van der Waals surface area contributed by atoms with Gasteiger partial charge in [0.2, 0.25) is 5.88 Å². The van der Waals surface area contributed by atoms with E-state index in [4.69, 9.17) is 35.5 Å². The number of aromatic nitrogens is 2. The van der Waals surface area contributed by atoms with Crippen LogP contribution in [0.4, 0.5) is 32.8 Å². The lowest BCUT2D eigenvalue weighted by atomic mass is 9.71. The maximum absolute atomic E-state index is 16.0. The van der Waals surface area contributed by atoms with Gasteiger partial charge >= 0.3 is 0 Å². The number of nitrogens with one attached hydrogen (secondary N) is 3. The summed E-state index contributed by atoms with van der Waals surface area (Å²) in [4.78, 5) is 42.7. The number of hydrogen-bond acceptors (Lipinski definition) is 15. The Hall–Kier alpha value is -5.87. The number of ether oxygens (including phenoxy) is 4. The smallest absolute Gasteiger partial charge is 0.293 e. The lowest BCUT2D eigenvalue weighted by molar-refractivity contribution is -0.384. The monoisotopic (exact) mass is 1080 g/mol. The highest BCUT2D eigenvalue weighted by Crippen LogP contribution is 2.46. The molecule has 2 aromatic heterocycles. The van der Waals surface area contributed by atoms with E-state index in [0.717, 1.165) is 42.0 Å². The Balaban J connectivity index is 0.881. The van der Waals surface area contributed by atoms with E-state index in [1.165, 1.54) is 23.3 Å². The number of rotatable bonds is 11. The summed E-state index contributed by atoms with van der Waals surface area (Å²) < 4.78 is 71.1. The number of fused-ring (bicyclic) bond motifs is 4. The molecule has 2 atom stereocenters. The fourth-order valence-corrected chi connectivity index (χ4v) is 12.7. The van der Waals surface area contributed by atoms with Crippen LogP contribution in [-0.2, 0) is 24.2 Å². The van der Waals surface area contributed by atoms with Crippen LogP contribution in [0.2, 0.25) is 5.02 Å². The molecule has 0 bridgehead atoms. The van der Waals surface area contributed by atoms with Gasteiger partial charge in [-0.3, -0.25) is 24.7 Å². The number of carbonyl (C=O) groups is 1. The topological polar surface area (TPSA) is 197 Å². The molecular formula is C55H65ClFN9O9S. The average molecular weight is 1080 g/mol. The van der Waals surface area contributed by atoms with Gasteiger partial charge in [0.25, 0.3) is 21.6 Å².